The number of carbonyl (C=O) groups excluding carboxylic acids is 3. The molecule has 0 unspecified atom stereocenters. The number of amides is 3. The van der Waals surface area contributed by atoms with E-state index in [1.807, 2.05) is 9.80 Å². The average molecular weight is 399 g/mol. The van der Waals surface area contributed by atoms with Crippen molar-refractivity contribution in [3.63, 3.8) is 0 Å². The van der Waals surface area contributed by atoms with E-state index in [0.717, 1.165) is 19.3 Å². The Morgan fingerprint density at radius 3 is 2.41 bits per heavy atom. The first kappa shape index (κ1) is 19.7. The topological polar surface area (TPSA) is 70.2 Å². The molecular weight excluding hydrogens is 370 g/mol. The zero-order valence-corrected chi connectivity index (χ0v) is 17.2. The minimum Gasteiger partial charge on any atom is -0.442 e. The zero-order chi connectivity index (χ0) is 20.5. The van der Waals surface area contributed by atoms with E-state index in [9.17, 15) is 14.4 Å². The molecule has 7 heteroatoms. The summed E-state index contributed by atoms with van der Waals surface area (Å²) in [6.07, 6.45) is 2.29. The number of benzene rings is 1. The Hall–Kier alpha value is -2.57. The Bertz CT molecular complexity index is 786. The molecule has 3 fully saturated rings. The average Bonchev–Trinajstić information content (AvgIpc) is 3.24. The van der Waals surface area contributed by atoms with Gasteiger partial charge in [-0.1, -0.05) is 29.8 Å². The van der Waals surface area contributed by atoms with E-state index >= 15 is 0 Å². The highest BCUT2D eigenvalue weighted by molar-refractivity contribution is 5.77. The molecule has 0 spiro atoms. The third-order valence-electron chi connectivity index (χ3n) is 6.46. The van der Waals surface area contributed by atoms with Crippen LogP contribution >= 0.6 is 0 Å². The summed E-state index contributed by atoms with van der Waals surface area (Å²) < 4.78 is 5.51. The van der Waals surface area contributed by atoms with Crippen molar-refractivity contribution >= 4 is 17.9 Å². The van der Waals surface area contributed by atoms with Crippen molar-refractivity contribution in [1.29, 1.82) is 0 Å². The zero-order valence-electron chi connectivity index (χ0n) is 17.2. The van der Waals surface area contributed by atoms with Gasteiger partial charge in [0.15, 0.2) is 0 Å². The molecule has 29 heavy (non-hydrogen) atoms. The van der Waals surface area contributed by atoms with E-state index in [4.69, 9.17) is 4.74 Å². The fraction of sp³-hybridized carbons (Fsp3) is 0.591. The maximum Gasteiger partial charge on any atom is 0.410 e. The number of piperidine rings is 1. The highest BCUT2D eigenvalue weighted by Gasteiger charge is 2.51. The number of hydrogen-bond acceptors (Lipinski definition) is 4. The van der Waals surface area contributed by atoms with Gasteiger partial charge in [-0.05, 0) is 31.7 Å². The lowest BCUT2D eigenvalue weighted by atomic mass is 10.0. The van der Waals surface area contributed by atoms with Crippen LogP contribution in [0.15, 0.2) is 24.3 Å². The molecular formula is C22H29N3O4. The first-order valence-corrected chi connectivity index (χ1v) is 10.5. The van der Waals surface area contributed by atoms with Crippen molar-refractivity contribution < 1.29 is 19.1 Å². The summed E-state index contributed by atoms with van der Waals surface area (Å²) in [6.45, 7) is 5.96. The monoisotopic (exact) mass is 399 g/mol. The van der Waals surface area contributed by atoms with Gasteiger partial charge in [0.25, 0.3) is 0 Å². The van der Waals surface area contributed by atoms with E-state index in [1.165, 1.54) is 11.1 Å². The molecule has 2 atom stereocenters. The van der Waals surface area contributed by atoms with Crippen LogP contribution in [0, 0.1) is 6.92 Å². The Kier molecular flexibility index (Phi) is 5.48. The second kappa shape index (κ2) is 8.05. The van der Waals surface area contributed by atoms with Crippen LogP contribution in [-0.2, 0) is 20.7 Å². The highest BCUT2D eigenvalue weighted by Crippen LogP contribution is 2.32. The molecule has 4 rings (SSSR count). The normalized spacial score (nSPS) is 24.6. The van der Waals surface area contributed by atoms with Crippen LogP contribution in [0.5, 0.6) is 0 Å². The molecule has 0 N–H and O–H groups in total. The lowest BCUT2D eigenvalue weighted by Gasteiger charge is -2.37. The summed E-state index contributed by atoms with van der Waals surface area (Å²) in [5.41, 5.74) is 2.40. The van der Waals surface area contributed by atoms with Crippen LogP contribution in [0.3, 0.4) is 0 Å². The number of rotatable bonds is 4. The van der Waals surface area contributed by atoms with Crippen molar-refractivity contribution in [3.05, 3.63) is 35.4 Å². The van der Waals surface area contributed by atoms with Gasteiger partial charge in [-0.15, -0.1) is 0 Å². The smallest absolute Gasteiger partial charge is 0.410 e. The first-order chi connectivity index (χ1) is 13.9. The Balaban J connectivity index is 1.28. The molecule has 0 aromatic heterocycles. The van der Waals surface area contributed by atoms with Crippen LogP contribution < -0.4 is 0 Å². The van der Waals surface area contributed by atoms with Crippen LogP contribution in [-0.4, -0.2) is 77.0 Å². The second-order valence-electron chi connectivity index (χ2n) is 8.42. The molecule has 0 bridgehead atoms. The molecule has 1 aromatic rings. The van der Waals surface area contributed by atoms with Crippen LogP contribution in [0.25, 0.3) is 0 Å². The van der Waals surface area contributed by atoms with E-state index in [0.29, 0.717) is 32.6 Å². The first-order valence-electron chi connectivity index (χ1n) is 10.5. The number of fused-ring (bicyclic) bond motifs is 1. The Labute approximate surface area is 171 Å². The van der Waals surface area contributed by atoms with Gasteiger partial charge in [0.05, 0.1) is 12.6 Å². The van der Waals surface area contributed by atoms with E-state index in [1.54, 1.807) is 11.8 Å². The molecule has 0 saturated carbocycles. The molecule has 1 aromatic carbocycles. The standard InChI is InChI=1S/C22H29N3O4/c1-15-3-5-17(6-4-15)7-8-21(27)23-11-9-18(10-12-23)25-19-13-24(16(2)26)14-20(19)29-22(25)28/h3-6,18-20H,7-14H2,1-2H3/t19-,20+/m1/s1. The predicted octanol–water partition coefficient (Wildman–Crippen LogP) is 1.97. The predicted molar refractivity (Wildman–Crippen MR) is 107 cm³/mol. The second-order valence-corrected chi connectivity index (χ2v) is 8.42. The Morgan fingerprint density at radius 2 is 1.76 bits per heavy atom. The van der Waals surface area contributed by atoms with Crippen molar-refractivity contribution in [3.8, 4) is 0 Å². The van der Waals surface area contributed by atoms with Gasteiger partial charge >= 0.3 is 6.09 Å². The number of aryl methyl sites for hydroxylation is 2. The van der Waals surface area contributed by atoms with Gasteiger partial charge in [0.1, 0.15) is 6.10 Å². The molecule has 3 heterocycles. The molecule has 156 valence electrons. The van der Waals surface area contributed by atoms with Gasteiger partial charge in [-0.25, -0.2) is 4.79 Å². The third kappa shape index (κ3) is 4.09. The maximum atomic E-state index is 12.6. The molecule has 3 saturated heterocycles. The van der Waals surface area contributed by atoms with Crippen molar-refractivity contribution in [1.82, 2.24) is 14.7 Å². The number of hydrogen-bond donors (Lipinski definition) is 0. The minimum absolute atomic E-state index is 0.0180. The summed E-state index contributed by atoms with van der Waals surface area (Å²) >= 11 is 0. The quantitative estimate of drug-likeness (QED) is 0.776. The summed E-state index contributed by atoms with van der Waals surface area (Å²) in [7, 11) is 0. The lowest BCUT2D eigenvalue weighted by Crippen LogP contribution is -2.51. The van der Waals surface area contributed by atoms with E-state index in [-0.39, 0.29) is 36.1 Å². The fourth-order valence-electron chi connectivity index (χ4n) is 4.70. The SMILES string of the molecule is CC(=O)N1C[C@@H]2OC(=O)N(C3CCN(C(=O)CCc4ccc(C)cc4)CC3)[C@@H]2C1. The maximum absolute atomic E-state index is 12.6. The van der Waals surface area contributed by atoms with Crippen molar-refractivity contribution in [2.45, 2.75) is 57.7 Å². The van der Waals surface area contributed by atoms with Crippen molar-refractivity contribution in [2.24, 2.45) is 0 Å². The summed E-state index contributed by atoms with van der Waals surface area (Å²) in [6, 6.07) is 8.33. The largest absolute Gasteiger partial charge is 0.442 e. The molecule has 0 aliphatic carbocycles. The molecule has 7 nitrogen and oxygen atoms in total. The number of ether oxygens (including phenoxy) is 1. The van der Waals surface area contributed by atoms with Gasteiger partial charge in [-0.3, -0.25) is 14.5 Å². The number of likely N-dealkylation sites (tertiary alicyclic amines) is 2. The van der Waals surface area contributed by atoms with Crippen LogP contribution in [0.1, 0.15) is 37.3 Å². The summed E-state index contributed by atoms with van der Waals surface area (Å²) in [5.74, 6) is 0.193. The number of nitrogens with zero attached hydrogens (tertiary/aromatic N) is 3. The van der Waals surface area contributed by atoms with E-state index < -0.39 is 0 Å². The fourth-order valence-corrected chi connectivity index (χ4v) is 4.70. The third-order valence-corrected chi connectivity index (χ3v) is 6.46. The minimum atomic E-state index is -0.271. The molecule has 0 radical (unpaired) electrons. The Morgan fingerprint density at radius 1 is 1.07 bits per heavy atom. The summed E-state index contributed by atoms with van der Waals surface area (Å²) in [5, 5.41) is 0. The van der Waals surface area contributed by atoms with Gasteiger partial charge < -0.3 is 14.5 Å². The van der Waals surface area contributed by atoms with Crippen LogP contribution in [0.4, 0.5) is 4.79 Å². The molecule has 3 aliphatic heterocycles. The lowest BCUT2D eigenvalue weighted by molar-refractivity contribution is -0.133. The van der Waals surface area contributed by atoms with E-state index in [2.05, 4.69) is 31.2 Å². The summed E-state index contributed by atoms with van der Waals surface area (Å²) in [4.78, 5) is 42.2. The molecule has 3 aliphatic rings. The van der Waals surface area contributed by atoms with Gasteiger partial charge in [0, 0.05) is 39.0 Å². The van der Waals surface area contributed by atoms with Gasteiger partial charge in [0.2, 0.25) is 11.8 Å². The van der Waals surface area contributed by atoms with Crippen LogP contribution in [0.2, 0.25) is 0 Å². The van der Waals surface area contributed by atoms with Gasteiger partial charge in [-0.2, -0.15) is 0 Å². The van der Waals surface area contributed by atoms with Crippen molar-refractivity contribution in [2.75, 3.05) is 26.2 Å². The number of carbonyl (C=O) groups is 3. The highest BCUT2D eigenvalue weighted by atomic mass is 16.6. The molecule has 3 amide bonds.